The van der Waals surface area contributed by atoms with Gasteiger partial charge in [0, 0.05) is 10.2 Å². The summed E-state index contributed by atoms with van der Waals surface area (Å²) in [5.41, 5.74) is 2.16. The Morgan fingerprint density at radius 3 is 2.52 bits per heavy atom. The van der Waals surface area contributed by atoms with E-state index in [9.17, 15) is 4.79 Å². The molecule has 4 nitrogen and oxygen atoms in total. The molecular formula is C16H16BrNO3. The molecule has 2 rings (SSSR count). The lowest BCUT2D eigenvalue weighted by Crippen LogP contribution is -2.14. The Morgan fingerprint density at radius 1 is 1.14 bits per heavy atom. The number of carbonyl (C=O) groups excluding carboxylic acids is 1. The first-order valence-corrected chi connectivity index (χ1v) is 7.14. The van der Waals surface area contributed by atoms with Gasteiger partial charge in [-0.3, -0.25) is 4.79 Å². The highest BCUT2D eigenvalue weighted by Crippen LogP contribution is 2.31. The predicted molar refractivity (Wildman–Crippen MR) is 86.4 cm³/mol. The molecule has 0 aliphatic carbocycles. The molecule has 0 aliphatic rings. The van der Waals surface area contributed by atoms with Crippen molar-refractivity contribution in [1.82, 2.24) is 0 Å². The zero-order chi connectivity index (χ0) is 15.4. The number of aryl methyl sites for hydroxylation is 1. The molecule has 0 bridgehead atoms. The van der Waals surface area contributed by atoms with Gasteiger partial charge in [0.05, 0.1) is 19.8 Å². The maximum Gasteiger partial charge on any atom is 0.259 e. The van der Waals surface area contributed by atoms with Gasteiger partial charge in [0.15, 0.2) is 11.5 Å². The van der Waals surface area contributed by atoms with Crippen LogP contribution in [0.15, 0.2) is 40.9 Å². The summed E-state index contributed by atoms with van der Waals surface area (Å²) in [6, 6.07) is 10.9. The lowest BCUT2D eigenvalue weighted by Gasteiger charge is -2.13. The maximum atomic E-state index is 12.4. The zero-order valence-electron chi connectivity index (χ0n) is 12.1. The van der Waals surface area contributed by atoms with E-state index in [-0.39, 0.29) is 5.91 Å². The molecule has 2 aromatic rings. The second-order valence-electron chi connectivity index (χ2n) is 4.45. The summed E-state index contributed by atoms with van der Waals surface area (Å²) in [6.45, 7) is 1.93. The van der Waals surface area contributed by atoms with Crippen LogP contribution in [0.2, 0.25) is 0 Å². The number of benzene rings is 2. The normalized spacial score (nSPS) is 10.1. The molecule has 0 fully saturated rings. The number of hydrogen-bond donors (Lipinski definition) is 1. The van der Waals surface area contributed by atoms with Crippen molar-refractivity contribution >= 4 is 27.5 Å². The summed E-state index contributed by atoms with van der Waals surface area (Å²) in [7, 11) is 3.05. The third-order valence-electron chi connectivity index (χ3n) is 3.08. The van der Waals surface area contributed by atoms with E-state index in [2.05, 4.69) is 21.2 Å². The van der Waals surface area contributed by atoms with Gasteiger partial charge in [-0.2, -0.15) is 0 Å². The van der Waals surface area contributed by atoms with E-state index >= 15 is 0 Å². The highest BCUT2D eigenvalue weighted by Gasteiger charge is 2.17. The molecule has 2 aromatic carbocycles. The summed E-state index contributed by atoms with van der Waals surface area (Å²) in [6.07, 6.45) is 0. The third-order valence-corrected chi connectivity index (χ3v) is 3.58. The van der Waals surface area contributed by atoms with Crippen LogP contribution in [0.4, 0.5) is 5.69 Å². The van der Waals surface area contributed by atoms with Crippen molar-refractivity contribution < 1.29 is 14.3 Å². The van der Waals surface area contributed by atoms with Crippen molar-refractivity contribution in [1.29, 1.82) is 0 Å². The average Bonchev–Trinajstić information content (AvgIpc) is 2.49. The topological polar surface area (TPSA) is 47.6 Å². The molecule has 0 atom stereocenters. The minimum absolute atomic E-state index is 0.240. The average molecular weight is 350 g/mol. The number of amides is 1. The molecule has 5 heteroatoms. The highest BCUT2D eigenvalue weighted by molar-refractivity contribution is 9.10. The molecule has 1 N–H and O–H groups in total. The lowest BCUT2D eigenvalue weighted by molar-refractivity contribution is 0.102. The second kappa shape index (κ2) is 6.63. The van der Waals surface area contributed by atoms with Crippen molar-refractivity contribution in [3.63, 3.8) is 0 Å². The summed E-state index contributed by atoms with van der Waals surface area (Å²) in [5, 5.41) is 2.88. The van der Waals surface area contributed by atoms with Crippen LogP contribution < -0.4 is 14.8 Å². The SMILES string of the molecule is COc1cccc(C(=O)Nc2ccc(Br)cc2C)c1OC. The molecule has 0 saturated heterocycles. The monoisotopic (exact) mass is 349 g/mol. The zero-order valence-corrected chi connectivity index (χ0v) is 13.7. The largest absolute Gasteiger partial charge is 0.493 e. The van der Waals surface area contributed by atoms with E-state index in [1.807, 2.05) is 25.1 Å². The van der Waals surface area contributed by atoms with E-state index in [0.717, 1.165) is 15.7 Å². The summed E-state index contributed by atoms with van der Waals surface area (Å²) in [4.78, 5) is 12.4. The lowest BCUT2D eigenvalue weighted by atomic mass is 10.1. The minimum Gasteiger partial charge on any atom is -0.493 e. The van der Waals surface area contributed by atoms with E-state index in [0.29, 0.717) is 17.1 Å². The van der Waals surface area contributed by atoms with Crippen molar-refractivity contribution in [3.05, 3.63) is 52.0 Å². The van der Waals surface area contributed by atoms with Crippen LogP contribution in [0, 0.1) is 6.92 Å². The molecular weight excluding hydrogens is 334 g/mol. The van der Waals surface area contributed by atoms with Crippen LogP contribution in [0.5, 0.6) is 11.5 Å². The Morgan fingerprint density at radius 2 is 1.90 bits per heavy atom. The molecule has 0 radical (unpaired) electrons. The van der Waals surface area contributed by atoms with Gasteiger partial charge in [-0.1, -0.05) is 22.0 Å². The van der Waals surface area contributed by atoms with Crippen LogP contribution in [0.25, 0.3) is 0 Å². The molecule has 0 aromatic heterocycles. The van der Waals surface area contributed by atoms with Crippen LogP contribution in [-0.4, -0.2) is 20.1 Å². The Balaban J connectivity index is 2.32. The van der Waals surface area contributed by atoms with Crippen LogP contribution in [0.3, 0.4) is 0 Å². The smallest absolute Gasteiger partial charge is 0.259 e. The van der Waals surface area contributed by atoms with Crippen molar-refractivity contribution in [2.45, 2.75) is 6.92 Å². The Kier molecular flexibility index (Phi) is 4.85. The van der Waals surface area contributed by atoms with E-state index < -0.39 is 0 Å². The van der Waals surface area contributed by atoms with Gasteiger partial charge in [-0.05, 0) is 42.8 Å². The number of halogens is 1. The maximum absolute atomic E-state index is 12.4. The predicted octanol–water partition coefficient (Wildman–Crippen LogP) is 4.03. The summed E-state index contributed by atoms with van der Waals surface area (Å²) in [5.74, 6) is 0.709. The van der Waals surface area contributed by atoms with Gasteiger partial charge >= 0.3 is 0 Å². The van der Waals surface area contributed by atoms with Gasteiger partial charge in [0.2, 0.25) is 0 Å². The van der Waals surface area contributed by atoms with Crippen molar-refractivity contribution in [2.75, 3.05) is 19.5 Å². The fraction of sp³-hybridized carbons (Fsp3) is 0.188. The first kappa shape index (κ1) is 15.4. The van der Waals surface area contributed by atoms with Gasteiger partial charge in [0.1, 0.15) is 0 Å². The van der Waals surface area contributed by atoms with Crippen molar-refractivity contribution in [2.24, 2.45) is 0 Å². The first-order valence-electron chi connectivity index (χ1n) is 6.35. The Hall–Kier alpha value is -2.01. The number of hydrogen-bond acceptors (Lipinski definition) is 3. The number of nitrogens with one attached hydrogen (secondary N) is 1. The van der Waals surface area contributed by atoms with E-state index in [1.165, 1.54) is 7.11 Å². The number of rotatable bonds is 4. The molecule has 1 amide bonds. The fourth-order valence-electron chi connectivity index (χ4n) is 2.02. The summed E-state index contributed by atoms with van der Waals surface area (Å²) < 4.78 is 11.5. The Bertz CT molecular complexity index is 671. The van der Waals surface area contributed by atoms with Gasteiger partial charge < -0.3 is 14.8 Å². The quantitative estimate of drug-likeness (QED) is 0.906. The Labute approximate surface area is 132 Å². The van der Waals surface area contributed by atoms with E-state index in [1.54, 1.807) is 25.3 Å². The highest BCUT2D eigenvalue weighted by atomic mass is 79.9. The van der Waals surface area contributed by atoms with Crippen LogP contribution in [0.1, 0.15) is 15.9 Å². The fourth-order valence-corrected chi connectivity index (χ4v) is 2.50. The molecule has 110 valence electrons. The molecule has 21 heavy (non-hydrogen) atoms. The van der Waals surface area contributed by atoms with Crippen LogP contribution >= 0.6 is 15.9 Å². The first-order chi connectivity index (χ1) is 10.1. The van der Waals surface area contributed by atoms with Gasteiger partial charge in [0.25, 0.3) is 5.91 Å². The number of anilines is 1. The molecule has 0 unspecified atom stereocenters. The van der Waals surface area contributed by atoms with Gasteiger partial charge in [-0.15, -0.1) is 0 Å². The number of methoxy groups -OCH3 is 2. The second-order valence-corrected chi connectivity index (χ2v) is 5.37. The summed E-state index contributed by atoms with van der Waals surface area (Å²) >= 11 is 3.40. The molecule has 0 spiro atoms. The molecule has 0 heterocycles. The number of ether oxygens (including phenoxy) is 2. The van der Waals surface area contributed by atoms with Crippen molar-refractivity contribution in [3.8, 4) is 11.5 Å². The van der Waals surface area contributed by atoms with E-state index in [4.69, 9.17) is 9.47 Å². The van der Waals surface area contributed by atoms with Crippen LogP contribution in [-0.2, 0) is 0 Å². The standard InChI is InChI=1S/C16H16BrNO3/c1-10-9-11(17)7-8-13(10)18-16(19)12-5-4-6-14(20-2)15(12)21-3/h4-9H,1-3H3,(H,18,19). The molecule has 0 aliphatic heterocycles. The third kappa shape index (κ3) is 3.36. The number of carbonyl (C=O) groups is 1. The minimum atomic E-state index is -0.240. The van der Waals surface area contributed by atoms with Gasteiger partial charge in [-0.25, -0.2) is 0 Å². The number of para-hydroxylation sites is 1. The molecule has 0 saturated carbocycles.